The molecule has 0 amide bonds. The summed E-state index contributed by atoms with van der Waals surface area (Å²) >= 11 is 1.75. The molecule has 15 heavy (non-hydrogen) atoms. The monoisotopic (exact) mass is 223 g/mol. The van der Waals surface area contributed by atoms with Crippen molar-refractivity contribution in [1.29, 1.82) is 0 Å². The van der Waals surface area contributed by atoms with Gasteiger partial charge in [-0.1, -0.05) is 12.1 Å². The second-order valence-electron chi connectivity index (χ2n) is 3.77. The van der Waals surface area contributed by atoms with Gasteiger partial charge in [0.25, 0.3) is 0 Å². The molecule has 0 aromatic heterocycles. The van der Waals surface area contributed by atoms with Crippen molar-refractivity contribution in [2.24, 2.45) is 0 Å². The molecule has 3 heteroatoms. The first-order valence-corrected chi connectivity index (χ1v) is 6.51. The molecule has 1 N–H and O–H groups in total. The number of nitrogens with one attached hydrogen (secondary N) is 1. The lowest BCUT2D eigenvalue weighted by atomic mass is 9.97. The van der Waals surface area contributed by atoms with Gasteiger partial charge in [-0.05, 0) is 30.9 Å². The number of methoxy groups -OCH3 is 1. The Morgan fingerprint density at radius 3 is 2.93 bits per heavy atom. The van der Waals surface area contributed by atoms with E-state index in [0.29, 0.717) is 5.92 Å². The van der Waals surface area contributed by atoms with E-state index >= 15 is 0 Å². The van der Waals surface area contributed by atoms with E-state index in [9.17, 15) is 0 Å². The van der Waals surface area contributed by atoms with E-state index in [1.165, 1.54) is 16.9 Å². The molecular weight excluding hydrogens is 206 g/mol. The Hall–Kier alpha value is -0.670. The van der Waals surface area contributed by atoms with E-state index < -0.39 is 0 Å². The average molecular weight is 223 g/mol. The highest BCUT2D eigenvalue weighted by Crippen LogP contribution is 2.37. The maximum atomic E-state index is 5.53. The van der Waals surface area contributed by atoms with Crippen molar-refractivity contribution in [3.63, 3.8) is 0 Å². The minimum absolute atomic E-state index is 0.618. The highest BCUT2D eigenvalue weighted by Gasteiger charge is 2.21. The van der Waals surface area contributed by atoms with Crippen LogP contribution >= 0.6 is 11.8 Å². The molecule has 2 rings (SSSR count). The zero-order chi connectivity index (χ0) is 10.7. The van der Waals surface area contributed by atoms with E-state index in [1.807, 2.05) is 0 Å². The normalized spacial score (nSPS) is 20.5. The van der Waals surface area contributed by atoms with E-state index in [2.05, 4.69) is 29.8 Å². The maximum Gasteiger partial charge on any atom is 0.135 e. The van der Waals surface area contributed by atoms with Gasteiger partial charge in [-0.25, -0.2) is 0 Å². The van der Waals surface area contributed by atoms with Crippen molar-refractivity contribution < 1.29 is 4.74 Å². The SMILES string of the molecule is COc1c(SC)cccc1C1CCNC1. The Morgan fingerprint density at radius 1 is 1.47 bits per heavy atom. The van der Waals surface area contributed by atoms with Gasteiger partial charge in [-0.2, -0.15) is 0 Å². The minimum Gasteiger partial charge on any atom is -0.495 e. The number of ether oxygens (including phenoxy) is 1. The van der Waals surface area contributed by atoms with Crippen LogP contribution in [0.3, 0.4) is 0 Å². The zero-order valence-electron chi connectivity index (χ0n) is 9.25. The van der Waals surface area contributed by atoms with Crippen molar-refractivity contribution >= 4 is 11.8 Å². The highest BCUT2D eigenvalue weighted by atomic mass is 32.2. The maximum absolute atomic E-state index is 5.53. The molecule has 82 valence electrons. The van der Waals surface area contributed by atoms with Crippen molar-refractivity contribution in [3.05, 3.63) is 23.8 Å². The number of para-hydroxylation sites is 1. The summed E-state index contributed by atoms with van der Waals surface area (Å²) in [4.78, 5) is 1.24. The molecular formula is C12H17NOS. The second-order valence-corrected chi connectivity index (χ2v) is 4.62. The van der Waals surface area contributed by atoms with Crippen LogP contribution in [0, 0.1) is 0 Å². The first kappa shape index (κ1) is 10.8. The molecule has 0 aliphatic carbocycles. The molecule has 1 fully saturated rings. The molecule has 1 aliphatic rings. The minimum atomic E-state index is 0.618. The topological polar surface area (TPSA) is 21.3 Å². The fraction of sp³-hybridized carbons (Fsp3) is 0.500. The molecule has 0 saturated carbocycles. The van der Waals surface area contributed by atoms with Crippen LogP contribution in [0.25, 0.3) is 0 Å². The highest BCUT2D eigenvalue weighted by molar-refractivity contribution is 7.98. The summed E-state index contributed by atoms with van der Waals surface area (Å²) < 4.78 is 5.53. The van der Waals surface area contributed by atoms with Crippen LogP contribution in [-0.2, 0) is 0 Å². The van der Waals surface area contributed by atoms with Crippen molar-refractivity contribution in [2.45, 2.75) is 17.2 Å². The molecule has 1 heterocycles. The van der Waals surface area contributed by atoms with Gasteiger partial charge in [-0.15, -0.1) is 11.8 Å². The second kappa shape index (κ2) is 4.90. The third kappa shape index (κ3) is 2.13. The summed E-state index contributed by atoms with van der Waals surface area (Å²) in [7, 11) is 1.76. The van der Waals surface area contributed by atoms with Gasteiger partial charge in [0.05, 0.1) is 7.11 Å². The third-order valence-electron chi connectivity index (χ3n) is 2.93. The van der Waals surface area contributed by atoms with Gasteiger partial charge in [0.2, 0.25) is 0 Å². The largest absolute Gasteiger partial charge is 0.495 e. The first-order chi connectivity index (χ1) is 7.36. The number of hydrogen-bond acceptors (Lipinski definition) is 3. The average Bonchev–Trinajstić information content (AvgIpc) is 2.81. The van der Waals surface area contributed by atoms with Gasteiger partial charge in [0, 0.05) is 17.4 Å². The third-order valence-corrected chi connectivity index (χ3v) is 3.69. The van der Waals surface area contributed by atoms with Crippen LogP contribution in [0.4, 0.5) is 0 Å². The summed E-state index contributed by atoms with van der Waals surface area (Å²) in [5, 5.41) is 3.40. The fourth-order valence-electron chi connectivity index (χ4n) is 2.15. The number of hydrogen-bond donors (Lipinski definition) is 1. The lowest BCUT2D eigenvalue weighted by molar-refractivity contribution is 0.396. The molecule has 1 aliphatic heterocycles. The molecule has 1 saturated heterocycles. The van der Waals surface area contributed by atoms with E-state index in [-0.39, 0.29) is 0 Å². The first-order valence-electron chi connectivity index (χ1n) is 5.28. The fourth-order valence-corrected chi connectivity index (χ4v) is 2.75. The quantitative estimate of drug-likeness (QED) is 0.796. The van der Waals surface area contributed by atoms with E-state index in [4.69, 9.17) is 4.74 Å². The zero-order valence-corrected chi connectivity index (χ0v) is 10.1. The van der Waals surface area contributed by atoms with Crippen LogP contribution in [-0.4, -0.2) is 26.5 Å². The lowest BCUT2D eigenvalue weighted by Crippen LogP contribution is -2.08. The number of benzene rings is 1. The summed E-state index contributed by atoms with van der Waals surface area (Å²) in [6, 6.07) is 6.44. The number of thioether (sulfide) groups is 1. The van der Waals surface area contributed by atoms with Gasteiger partial charge in [0.15, 0.2) is 0 Å². The predicted octanol–water partition coefficient (Wildman–Crippen LogP) is 2.49. The molecule has 1 atom stereocenters. The summed E-state index contributed by atoms with van der Waals surface area (Å²) in [5.41, 5.74) is 1.36. The van der Waals surface area contributed by atoms with Crippen LogP contribution in [0.15, 0.2) is 23.1 Å². The smallest absolute Gasteiger partial charge is 0.135 e. The van der Waals surface area contributed by atoms with Crippen LogP contribution in [0.2, 0.25) is 0 Å². The van der Waals surface area contributed by atoms with Gasteiger partial charge in [0.1, 0.15) is 5.75 Å². The van der Waals surface area contributed by atoms with Crippen molar-refractivity contribution in [1.82, 2.24) is 5.32 Å². The van der Waals surface area contributed by atoms with Crippen molar-refractivity contribution in [3.8, 4) is 5.75 Å². The van der Waals surface area contributed by atoms with Gasteiger partial charge < -0.3 is 10.1 Å². The molecule has 1 aromatic rings. The molecule has 0 bridgehead atoms. The molecule has 0 spiro atoms. The van der Waals surface area contributed by atoms with Gasteiger partial charge in [-0.3, -0.25) is 0 Å². The Balaban J connectivity index is 2.36. The molecule has 1 unspecified atom stereocenters. The predicted molar refractivity (Wildman–Crippen MR) is 65.0 cm³/mol. The van der Waals surface area contributed by atoms with E-state index in [1.54, 1.807) is 18.9 Å². The molecule has 0 radical (unpaired) electrons. The van der Waals surface area contributed by atoms with Crippen molar-refractivity contribution in [2.75, 3.05) is 26.5 Å². The lowest BCUT2D eigenvalue weighted by Gasteiger charge is -2.16. The van der Waals surface area contributed by atoms with Crippen LogP contribution < -0.4 is 10.1 Å². The Bertz CT molecular complexity index is 334. The standard InChI is InChI=1S/C12H17NOS/c1-14-12-10(9-6-7-13-8-9)4-3-5-11(12)15-2/h3-5,9,13H,6-8H2,1-2H3. The summed E-state index contributed by atoms with van der Waals surface area (Å²) in [6.45, 7) is 2.20. The Morgan fingerprint density at radius 2 is 2.33 bits per heavy atom. The van der Waals surface area contributed by atoms with E-state index in [0.717, 1.165) is 18.8 Å². The van der Waals surface area contributed by atoms with Gasteiger partial charge >= 0.3 is 0 Å². The Labute approximate surface area is 95.4 Å². The van der Waals surface area contributed by atoms with Crippen LogP contribution in [0.5, 0.6) is 5.75 Å². The Kier molecular flexibility index (Phi) is 3.54. The summed E-state index contributed by atoms with van der Waals surface area (Å²) in [6.07, 6.45) is 3.31. The summed E-state index contributed by atoms with van der Waals surface area (Å²) in [5.74, 6) is 1.69. The number of rotatable bonds is 3. The van der Waals surface area contributed by atoms with Crippen LogP contribution in [0.1, 0.15) is 17.9 Å². The molecule has 1 aromatic carbocycles. The molecule has 2 nitrogen and oxygen atoms in total.